The van der Waals surface area contributed by atoms with Crippen LogP contribution in [0.1, 0.15) is 0 Å². The van der Waals surface area contributed by atoms with Crippen LogP contribution in [0.3, 0.4) is 0 Å². The van der Waals surface area contributed by atoms with Gasteiger partial charge >= 0.3 is 0 Å². The minimum absolute atomic E-state index is 0.298. The Morgan fingerprint density at radius 3 is 2.20 bits per heavy atom. The number of nitrogens with zero attached hydrogens (tertiary/aromatic N) is 2. The molecule has 1 aromatic carbocycles. The van der Waals surface area contributed by atoms with Crippen LogP contribution < -0.4 is 9.64 Å². The molecule has 0 spiro atoms. The average Bonchev–Trinajstić information content (AvgIpc) is 2.45. The number of benzene rings is 1. The first kappa shape index (κ1) is 14.1. The first-order valence-corrected chi connectivity index (χ1v) is 5.53. The Labute approximate surface area is 112 Å². The number of hydrogen-bond acceptors (Lipinski definition) is 3. The molecule has 0 bridgehead atoms. The highest BCUT2D eigenvalue weighted by Crippen LogP contribution is 2.32. The van der Waals surface area contributed by atoms with E-state index in [-0.39, 0.29) is 0 Å². The first-order valence-electron chi connectivity index (χ1n) is 5.53. The van der Waals surface area contributed by atoms with Gasteiger partial charge in [-0.2, -0.15) is 22.5 Å². The zero-order chi connectivity index (χ0) is 14.9. The molecule has 2 rings (SSSR count). The monoisotopic (exact) mass is 286 g/mol. The van der Waals surface area contributed by atoms with Crippen LogP contribution in [0.25, 0.3) is 0 Å². The van der Waals surface area contributed by atoms with Gasteiger partial charge in [0.15, 0.2) is 0 Å². The molecule has 0 amide bonds. The van der Waals surface area contributed by atoms with Crippen molar-refractivity contribution in [1.82, 2.24) is 4.98 Å². The van der Waals surface area contributed by atoms with E-state index in [1.807, 2.05) is 0 Å². The van der Waals surface area contributed by atoms with Crippen LogP contribution in [-0.4, -0.2) is 19.1 Å². The van der Waals surface area contributed by atoms with Crippen molar-refractivity contribution in [3.63, 3.8) is 0 Å². The summed E-state index contributed by atoms with van der Waals surface area (Å²) in [4.78, 5) is 3.48. The van der Waals surface area contributed by atoms with Gasteiger partial charge in [0, 0.05) is 18.8 Å². The molecule has 0 N–H and O–H groups in total. The first-order chi connectivity index (χ1) is 9.45. The van der Waals surface area contributed by atoms with Gasteiger partial charge in [0.05, 0.1) is 7.11 Å². The van der Waals surface area contributed by atoms with Crippen molar-refractivity contribution in [2.45, 2.75) is 0 Å². The minimum Gasteiger partial charge on any atom is -0.497 e. The van der Waals surface area contributed by atoms with Crippen LogP contribution in [0.5, 0.6) is 5.75 Å². The van der Waals surface area contributed by atoms with E-state index in [4.69, 9.17) is 4.74 Å². The number of rotatable bonds is 3. The van der Waals surface area contributed by atoms with Gasteiger partial charge < -0.3 is 9.64 Å². The summed E-state index contributed by atoms with van der Waals surface area (Å²) in [5.41, 5.74) is -0.560. The lowest BCUT2D eigenvalue weighted by atomic mass is 10.2. The molecule has 1 heterocycles. The van der Waals surface area contributed by atoms with Crippen LogP contribution in [-0.2, 0) is 0 Å². The lowest BCUT2D eigenvalue weighted by molar-refractivity contribution is 0.408. The third-order valence-corrected chi connectivity index (χ3v) is 2.75. The van der Waals surface area contributed by atoms with Gasteiger partial charge in [-0.1, -0.05) is 6.07 Å². The quantitative estimate of drug-likeness (QED) is 0.638. The smallest absolute Gasteiger partial charge is 0.253 e. The van der Waals surface area contributed by atoms with E-state index in [1.54, 1.807) is 12.1 Å². The molecule has 0 saturated heterocycles. The second kappa shape index (κ2) is 5.36. The predicted molar refractivity (Wildman–Crippen MR) is 65.1 cm³/mol. The van der Waals surface area contributed by atoms with Crippen LogP contribution in [0.2, 0.25) is 0 Å². The maximum absolute atomic E-state index is 13.6. The summed E-state index contributed by atoms with van der Waals surface area (Å²) in [5, 5.41) is 0. The fourth-order valence-electron chi connectivity index (χ4n) is 1.72. The Hall–Kier alpha value is -2.31. The molecule has 0 aliphatic rings. The Morgan fingerprint density at radius 1 is 1.05 bits per heavy atom. The summed E-state index contributed by atoms with van der Waals surface area (Å²) in [7, 11) is 2.70. The Balaban J connectivity index is 2.55. The van der Waals surface area contributed by atoms with Gasteiger partial charge in [-0.3, -0.25) is 0 Å². The van der Waals surface area contributed by atoms with Crippen LogP contribution in [0.4, 0.5) is 28.9 Å². The van der Waals surface area contributed by atoms with Gasteiger partial charge in [0.1, 0.15) is 11.4 Å². The molecule has 0 radical (unpaired) electrons. The van der Waals surface area contributed by atoms with Crippen molar-refractivity contribution in [2.75, 3.05) is 19.1 Å². The second-order valence-electron chi connectivity index (χ2n) is 3.93. The minimum atomic E-state index is -1.70. The average molecular weight is 286 g/mol. The van der Waals surface area contributed by atoms with Gasteiger partial charge in [-0.15, -0.1) is 0 Å². The third-order valence-electron chi connectivity index (χ3n) is 2.75. The topological polar surface area (TPSA) is 25.4 Å². The molecular weight excluding hydrogens is 276 g/mol. The van der Waals surface area contributed by atoms with Crippen molar-refractivity contribution < 1.29 is 22.3 Å². The summed E-state index contributed by atoms with van der Waals surface area (Å²) in [5.74, 6) is -6.09. The van der Waals surface area contributed by atoms with E-state index in [9.17, 15) is 17.6 Å². The number of aromatic nitrogens is 1. The second-order valence-corrected chi connectivity index (χ2v) is 3.93. The Morgan fingerprint density at radius 2 is 1.65 bits per heavy atom. The third kappa shape index (κ3) is 2.38. The summed E-state index contributed by atoms with van der Waals surface area (Å²) in [6, 6.07) is 6.18. The van der Waals surface area contributed by atoms with Crippen molar-refractivity contribution in [3.8, 4) is 5.75 Å². The largest absolute Gasteiger partial charge is 0.497 e. The molecule has 0 unspecified atom stereocenters. The van der Waals surface area contributed by atoms with Gasteiger partial charge in [-0.05, 0) is 12.1 Å². The zero-order valence-corrected chi connectivity index (χ0v) is 10.6. The molecule has 20 heavy (non-hydrogen) atoms. The number of hydrogen-bond donors (Lipinski definition) is 0. The zero-order valence-electron chi connectivity index (χ0n) is 10.6. The van der Waals surface area contributed by atoms with Crippen LogP contribution in [0.15, 0.2) is 24.3 Å². The molecule has 0 saturated carbocycles. The molecule has 7 heteroatoms. The summed E-state index contributed by atoms with van der Waals surface area (Å²) >= 11 is 0. The number of pyridine rings is 1. The standard InChI is InChI=1S/C13H10F4N2O/c1-19(7-4-3-5-8(6-7)20-2)11-9(14)12(16)18-13(17)10(11)15/h3-6H,1-2H3. The van der Waals surface area contributed by atoms with Crippen LogP contribution in [0, 0.1) is 23.5 Å². The lowest BCUT2D eigenvalue weighted by Crippen LogP contribution is -2.16. The lowest BCUT2D eigenvalue weighted by Gasteiger charge is -2.21. The molecule has 0 aliphatic carbocycles. The molecule has 2 aromatic rings. The molecule has 0 atom stereocenters. The highest BCUT2D eigenvalue weighted by molar-refractivity contribution is 5.64. The van der Waals surface area contributed by atoms with E-state index in [0.717, 1.165) is 4.90 Å². The number of ether oxygens (including phenoxy) is 1. The van der Waals surface area contributed by atoms with Crippen LogP contribution >= 0.6 is 0 Å². The molecular formula is C13H10F4N2O. The van der Waals surface area contributed by atoms with Crippen molar-refractivity contribution in [2.24, 2.45) is 0 Å². The summed E-state index contributed by atoms with van der Waals surface area (Å²) in [6.45, 7) is 0. The number of anilines is 2. The van der Waals surface area contributed by atoms with E-state index < -0.39 is 29.2 Å². The molecule has 3 nitrogen and oxygen atoms in total. The maximum Gasteiger partial charge on any atom is 0.253 e. The van der Waals surface area contributed by atoms with E-state index in [0.29, 0.717) is 11.4 Å². The SMILES string of the molecule is COc1cccc(N(C)c2c(F)c(F)nc(F)c2F)c1. The van der Waals surface area contributed by atoms with Crippen molar-refractivity contribution in [3.05, 3.63) is 47.8 Å². The molecule has 1 aromatic heterocycles. The number of methoxy groups -OCH3 is 1. The van der Waals surface area contributed by atoms with Crippen molar-refractivity contribution in [1.29, 1.82) is 0 Å². The molecule has 106 valence electrons. The maximum atomic E-state index is 13.6. The highest BCUT2D eigenvalue weighted by atomic mass is 19.2. The van der Waals surface area contributed by atoms with Gasteiger partial charge in [-0.25, -0.2) is 0 Å². The molecule has 0 fully saturated rings. The fourth-order valence-corrected chi connectivity index (χ4v) is 1.72. The summed E-state index contributed by atoms with van der Waals surface area (Å²) < 4.78 is 58.5. The number of halogens is 4. The Bertz CT molecular complexity index is 622. The fraction of sp³-hybridized carbons (Fsp3) is 0.154. The normalized spacial score (nSPS) is 10.5. The van der Waals surface area contributed by atoms with Gasteiger partial charge in [0.25, 0.3) is 11.9 Å². The van der Waals surface area contributed by atoms with Gasteiger partial charge in [0.2, 0.25) is 11.6 Å². The van der Waals surface area contributed by atoms with Crippen molar-refractivity contribution >= 4 is 11.4 Å². The van der Waals surface area contributed by atoms with E-state index >= 15 is 0 Å². The molecule has 0 aliphatic heterocycles. The van der Waals surface area contributed by atoms with E-state index in [1.165, 1.54) is 26.3 Å². The van der Waals surface area contributed by atoms with E-state index in [2.05, 4.69) is 4.98 Å². The summed E-state index contributed by atoms with van der Waals surface area (Å²) in [6.07, 6.45) is 0. The highest BCUT2D eigenvalue weighted by Gasteiger charge is 2.24. The Kier molecular flexibility index (Phi) is 3.78. The predicted octanol–water partition coefficient (Wildman–Crippen LogP) is 3.41.